The van der Waals surface area contributed by atoms with Crippen LogP contribution in [0, 0.1) is 6.42 Å². The zero-order chi connectivity index (χ0) is 14.1. The lowest BCUT2D eigenvalue weighted by atomic mass is 10.0. The van der Waals surface area contributed by atoms with Crippen molar-refractivity contribution >= 4 is 17.6 Å². The molecule has 1 unspecified atom stereocenters. The van der Waals surface area contributed by atoms with Crippen LogP contribution in [0.4, 0.5) is 4.79 Å². The highest BCUT2D eigenvalue weighted by Gasteiger charge is 2.39. The van der Waals surface area contributed by atoms with Gasteiger partial charge in [0.05, 0.1) is 5.70 Å². The van der Waals surface area contributed by atoms with Gasteiger partial charge in [-0.25, -0.2) is 4.79 Å². The highest BCUT2D eigenvalue weighted by atomic mass is 16.2. The molecule has 6 nitrogen and oxygen atoms in total. The average Bonchev–Trinajstić information content (AvgIpc) is 2.47. The van der Waals surface area contributed by atoms with Crippen LogP contribution in [-0.2, 0) is 4.79 Å². The second-order valence-electron chi connectivity index (χ2n) is 4.80. The van der Waals surface area contributed by atoms with Gasteiger partial charge in [0.15, 0.2) is 0 Å². The molecule has 0 aliphatic carbocycles. The molecular weight excluding hydrogens is 256 g/mol. The summed E-state index contributed by atoms with van der Waals surface area (Å²) >= 11 is 0. The van der Waals surface area contributed by atoms with Crippen LogP contribution < -0.4 is 5.73 Å². The zero-order valence-corrected chi connectivity index (χ0v) is 10.9. The van der Waals surface area contributed by atoms with Gasteiger partial charge in [0, 0.05) is 37.0 Å². The van der Waals surface area contributed by atoms with Crippen LogP contribution in [0.1, 0.15) is 18.4 Å². The largest absolute Gasteiger partial charge is 0.351 e. The first-order valence-electron chi connectivity index (χ1n) is 6.53. The van der Waals surface area contributed by atoms with Gasteiger partial charge < -0.3 is 10.6 Å². The lowest BCUT2D eigenvalue weighted by Gasteiger charge is -2.45. The van der Waals surface area contributed by atoms with E-state index in [-0.39, 0.29) is 12.1 Å². The average molecular weight is 271 g/mol. The highest BCUT2D eigenvalue weighted by molar-refractivity contribution is 6.01. The molecule has 3 amide bonds. The number of hydrogen-bond donors (Lipinski definition) is 1. The van der Waals surface area contributed by atoms with Crippen LogP contribution in [0.15, 0.2) is 30.6 Å². The summed E-state index contributed by atoms with van der Waals surface area (Å²) in [4.78, 5) is 31.1. The number of urea groups is 1. The Morgan fingerprint density at radius 3 is 2.80 bits per heavy atom. The lowest BCUT2D eigenvalue weighted by molar-refractivity contribution is -0.131. The minimum atomic E-state index is -0.561. The Labute approximate surface area is 116 Å². The third-order valence-corrected chi connectivity index (χ3v) is 3.58. The van der Waals surface area contributed by atoms with E-state index in [1.807, 2.05) is 6.42 Å². The standard InChI is InChI=1S/C14H15N4O2/c15-14(20)18-11(10-4-6-16-7-5-10)9-13(19)17-8-2-1-3-12(17)18/h3-7,9,12H,1-2,8H2,(H2,15,20). The Kier molecular flexibility index (Phi) is 3.14. The van der Waals surface area contributed by atoms with Crippen molar-refractivity contribution in [1.82, 2.24) is 14.8 Å². The number of rotatable bonds is 1. The van der Waals surface area contributed by atoms with E-state index in [2.05, 4.69) is 4.98 Å². The molecule has 3 rings (SSSR count). The van der Waals surface area contributed by atoms with Crippen LogP contribution in [0.5, 0.6) is 0 Å². The molecule has 2 aliphatic heterocycles. The molecular formula is C14H15N4O2. The Balaban J connectivity index is 2.06. The smallest absolute Gasteiger partial charge is 0.321 e. The van der Waals surface area contributed by atoms with E-state index in [1.54, 1.807) is 29.4 Å². The van der Waals surface area contributed by atoms with Crippen molar-refractivity contribution in [2.45, 2.75) is 19.0 Å². The van der Waals surface area contributed by atoms with Crippen molar-refractivity contribution in [3.8, 4) is 0 Å². The quantitative estimate of drug-likeness (QED) is 0.826. The Morgan fingerprint density at radius 2 is 2.10 bits per heavy atom. The molecule has 3 heterocycles. The van der Waals surface area contributed by atoms with Gasteiger partial charge in [-0.1, -0.05) is 0 Å². The predicted molar refractivity (Wildman–Crippen MR) is 72.7 cm³/mol. The maximum atomic E-state index is 12.2. The number of amides is 3. The molecule has 0 spiro atoms. The molecule has 1 atom stereocenters. The van der Waals surface area contributed by atoms with E-state index in [0.717, 1.165) is 18.4 Å². The van der Waals surface area contributed by atoms with Gasteiger partial charge in [0.2, 0.25) is 5.91 Å². The molecule has 103 valence electrons. The van der Waals surface area contributed by atoms with E-state index in [1.165, 1.54) is 11.0 Å². The zero-order valence-electron chi connectivity index (χ0n) is 10.9. The fraction of sp³-hybridized carbons (Fsp3) is 0.286. The van der Waals surface area contributed by atoms with Crippen molar-refractivity contribution in [3.05, 3.63) is 42.6 Å². The Morgan fingerprint density at radius 1 is 1.35 bits per heavy atom. The molecule has 1 aromatic rings. The monoisotopic (exact) mass is 271 g/mol. The summed E-state index contributed by atoms with van der Waals surface area (Å²) in [5.74, 6) is -0.0877. The lowest BCUT2D eigenvalue weighted by Crippen LogP contribution is -2.58. The first kappa shape index (κ1) is 12.7. The topological polar surface area (TPSA) is 79.5 Å². The molecule has 1 saturated heterocycles. The molecule has 1 aromatic heterocycles. The van der Waals surface area contributed by atoms with Crippen molar-refractivity contribution in [3.63, 3.8) is 0 Å². The van der Waals surface area contributed by atoms with Crippen molar-refractivity contribution in [2.75, 3.05) is 6.54 Å². The summed E-state index contributed by atoms with van der Waals surface area (Å²) in [6.07, 6.45) is 8.06. The van der Waals surface area contributed by atoms with Gasteiger partial charge in [-0.05, 0) is 25.0 Å². The molecule has 0 aromatic carbocycles. The summed E-state index contributed by atoms with van der Waals surface area (Å²) in [5, 5.41) is 0. The van der Waals surface area contributed by atoms with Crippen LogP contribution in [0.25, 0.3) is 5.70 Å². The van der Waals surface area contributed by atoms with Gasteiger partial charge in [0.1, 0.15) is 6.17 Å². The number of pyridine rings is 1. The van der Waals surface area contributed by atoms with E-state index in [4.69, 9.17) is 5.73 Å². The van der Waals surface area contributed by atoms with Crippen LogP contribution in [0.2, 0.25) is 0 Å². The van der Waals surface area contributed by atoms with Gasteiger partial charge in [0.25, 0.3) is 0 Å². The molecule has 0 saturated carbocycles. The first-order chi connectivity index (χ1) is 9.68. The summed E-state index contributed by atoms with van der Waals surface area (Å²) < 4.78 is 0. The normalized spacial score (nSPS) is 22.3. The van der Waals surface area contributed by atoms with E-state index in [9.17, 15) is 9.59 Å². The summed E-state index contributed by atoms with van der Waals surface area (Å²) in [7, 11) is 0. The minimum absolute atomic E-state index is 0.0877. The second-order valence-corrected chi connectivity index (χ2v) is 4.80. The fourth-order valence-corrected chi connectivity index (χ4v) is 2.68. The SMILES string of the molecule is NC(=O)N1C(c2ccncc2)=CC(=O)N2CCC[CH]C21. The predicted octanol–water partition coefficient (Wildman–Crippen LogP) is 0.970. The molecule has 1 radical (unpaired) electrons. The molecule has 2 N–H and O–H groups in total. The minimum Gasteiger partial charge on any atom is -0.351 e. The summed E-state index contributed by atoms with van der Waals surface area (Å²) in [6, 6.07) is 2.95. The third kappa shape index (κ3) is 2.03. The number of hydrogen-bond acceptors (Lipinski definition) is 3. The van der Waals surface area contributed by atoms with Gasteiger partial charge >= 0.3 is 6.03 Å². The number of nitrogens with zero attached hydrogens (tertiary/aromatic N) is 3. The van der Waals surface area contributed by atoms with Gasteiger partial charge in [-0.2, -0.15) is 0 Å². The number of aromatic nitrogens is 1. The second kappa shape index (κ2) is 4.96. The number of primary amides is 1. The molecule has 6 heteroatoms. The van der Waals surface area contributed by atoms with Crippen molar-refractivity contribution in [2.24, 2.45) is 5.73 Å². The number of piperidine rings is 1. The maximum Gasteiger partial charge on any atom is 0.321 e. The summed E-state index contributed by atoms with van der Waals surface area (Å²) in [6.45, 7) is 0.643. The molecule has 20 heavy (non-hydrogen) atoms. The number of carbonyl (C=O) groups is 2. The Bertz CT molecular complexity index is 570. The van der Waals surface area contributed by atoms with Gasteiger partial charge in [-0.3, -0.25) is 14.7 Å². The van der Waals surface area contributed by atoms with Crippen LogP contribution >= 0.6 is 0 Å². The Hall–Kier alpha value is -2.37. The molecule has 1 fully saturated rings. The molecule has 2 aliphatic rings. The molecule has 0 bridgehead atoms. The van der Waals surface area contributed by atoms with Gasteiger partial charge in [-0.15, -0.1) is 0 Å². The number of fused-ring (bicyclic) bond motifs is 1. The van der Waals surface area contributed by atoms with Crippen molar-refractivity contribution in [1.29, 1.82) is 0 Å². The maximum absolute atomic E-state index is 12.2. The van der Waals surface area contributed by atoms with E-state index >= 15 is 0 Å². The first-order valence-corrected chi connectivity index (χ1v) is 6.53. The number of carbonyl (C=O) groups excluding carboxylic acids is 2. The van der Waals surface area contributed by atoms with Crippen molar-refractivity contribution < 1.29 is 9.59 Å². The summed E-state index contributed by atoms with van der Waals surface area (Å²) in [5.41, 5.74) is 6.81. The fourth-order valence-electron chi connectivity index (χ4n) is 2.68. The van der Waals surface area contributed by atoms with E-state index < -0.39 is 6.03 Å². The van der Waals surface area contributed by atoms with Crippen LogP contribution in [-0.4, -0.2) is 39.4 Å². The number of nitrogens with two attached hydrogens (primary N) is 1. The van der Waals surface area contributed by atoms with E-state index in [0.29, 0.717) is 12.2 Å². The van der Waals surface area contributed by atoms with Crippen LogP contribution in [0.3, 0.4) is 0 Å². The highest BCUT2D eigenvalue weighted by Crippen LogP contribution is 2.31. The third-order valence-electron chi connectivity index (χ3n) is 3.58.